The lowest BCUT2D eigenvalue weighted by Gasteiger charge is -2.24. The Bertz CT molecular complexity index is 1380. The summed E-state index contributed by atoms with van der Waals surface area (Å²) in [5, 5.41) is 2.68. The molecule has 204 valence electrons. The Morgan fingerprint density at radius 1 is 1.16 bits per heavy atom. The molecule has 0 aliphatic heterocycles. The van der Waals surface area contributed by atoms with Gasteiger partial charge in [-0.1, -0.05) is 43.6 Å². The van der Waals surface area contributed by atoms with Gasteiger partial charge in [0.1, 0.15) is 17.3 Å². The lowest BCUT2D eigenvalue weighted by atomic mass is 9.82. The van der Waals surface area contributed by atoms with E-state index in [2.05, 4.69) is 5.32 Å². The summed E-state index contributed by atoms with van der Waals surface area (Å²) in [5.74, 6) is -1.15. The summed E-state index contributed by atoms with van der Waals surface area (Å²) in [7, 11) is 6.92. The number of benzene rings is 2. The number of nitrogens with zero attached hydrogens (tertiary/aromatic N) is 3. The molecule has 10 heteroatoms. The van der Waals surface area contributed by atoms with E-state index in [1.165, 1.54) is 17.9 Å². The summed E-state index contributed by atoms with van der Waals surface area (Å²) in [6.45, 7) is 4.20. The number of para-hydroxylation sites is 1. The minimum atomic E-state index is -0.669. The predicted molar refractivity (Wildman–Crippen MR) is 147 cm³/mol. The molecule has 2 aromatic carbocycles. The van der Waals surface area contributed by atoms with Crippen LogP contribution in [0.15, 0.2) is 47.3 Å². The maximum Gasteiger partial charge on any atom is 0.295 e. The summed E-state index contributed by atoms with van der Waals surface area (Å²) >= 11 is 5.86. The van der Waals surface area contributed by atoms with Crippen LogP contribution in [0.1, 0.15) is 49.2 Å². The number of hydrogen-bond acceptors (Lipinski definition) is 5. The van der Waals surface area contributed by atoms with Crippen molar-refractivity contribution in [3.8, 4) is 11.4 Å². The largest absolute Gasteiger partial charge is 0.496 e. The van der Waals surface area contributed by atoms with Crippen molar-refractivity contribution in [3.05, 3.63) is 74.9 Å². The van der Waals surface area contributed by atoms with Gasteiger partial charge in [0, 0.05) is 32.5 Å². The number of Topliss-reactive ketones (excluding diaryl/α,β-unsaturated/α-hetero) is 1. The van der Waals surface area contributed by atoms with E-state index in [0.717, 1.165) is 6.07 Å². The van der Waals surface area contributed by atoms with Gasteiger partial charge in [0.25, 0.3) is 5.56 Å². The second-order valence-electron chi connectivity index (χ2n) is 10.3. The maximum absolute atomic E-state index is 13.8. The molecule has 0 aliphatic carbocycles. The van der Waals surface area contributed by atoms with Gasteiger partial charge in [-0.2, -0.15) is 0 Å². The first-order chi connectivity index (χ1) is 17.8. The van der Waals surface area contributed by atoms with Gasteiger partial charge in [0.2, 0.25) is 5.91 Å². The highest BCUT2D eigenvalue weighted by Crippen LogP contribution is 2.32. The molecule has 3 aromatic rings. The quantitative estimate of drug-likeness (QED) is 0.341. The van der Waals surface area contributed by atoms with E-state index in [4.69, 9.17) is 16.3 Å². The van der Waals surface area contributed by atoms with Crippen molar-refractivity contribution in [2.24, 2.45) is 12.5 Å². The van der Waals surface area contributed by atoms with Crippen LogP contribution >= 0.6 is 11.6 Å². The van der Waals surface area contributed by atoms with Crippen LogP contribution < -0.4 is 15.6 Å². The third kappa shape index (κ3) is 6.71. The van der Waals surface area contributed by atoms with Crippen molar-refractivity contribution >= 4 is 29.0 Å². The second kappa shape index (κ2) is 12.0. The molecule has 0 atom stereocenters. The number of rotatable bonds is 11. The third-order valence-electron chi connectivity index (χ3n) is 6.33. The van der Waals surface area contributed by atoms with Gasteiger partial charge < -0.3 is 15.0 Å². The smallest absolute Gasteiger partial charge is 0.295 e. The van der Waals surface area contributed by atoms with Crippen molar-refractivity contribution in [2.75, 3.05) is 26.5 Å². The zero-order valence-electron chi connectivity index (χ0n) is 22.6. The maximum atomic E-state index is 13.8. The Hall–Kier alpha value is -3.43. The van der Waals surface area contributed by atoms with Crippen LogP contribution in [0.4, 0.5) is 10.1 Å². The standard InChI is InChI=1S/C28H34ClFN4O4/c1-28(2,13-12-23(35)19-14-20(29)21(30)15-24(19)38-6)16-25(36)31-26-22(17-32(3)4)33(5)34(27(26)37)18-10-8-7-9-11-18/h7-11,14-15H,12-13,16-17H2,1-6H3,(H,31,36). The lowest BCUT2D eigenvalue weighted by molar-refractivity contribution is -0.118. The number of ketones is 1. The van der Waals surface area contributed by atoms with Crippen molar-refractivity contribution in [1.82, 2.24) is 14.3 Å². The first-order valence-electron chi connectivity index (χ1n) is 12.2. The number of aromatic nitrogens is 2. The number of ether oxygens (including phenoxy) is 1. The van der Waals surface area contributed by atoms with E-state index in [1.54, 1.807) is 11.7 Å². The summed E-state index contributed by atoms with van der Waals surface area (Å²) < 4.78 is 22.2. The second-order valence-corrected chi connectivity index (χ2v) is 10.7. The van der Waals surface area contributed by atoms with Gasteiger partial charge in [0.15, 0.2) is 5.78 Å². The van der Waals surface area contributed by atoms with E-state index in [9.17, 15) is 18.8 Å². The van der Waals surface area contributed by atoms with Gasteiger partial charge in [-0.25, -0.2) is 9.07 Å². The Balaban J connectivity index is 1.77. The van der Waals surface area contributed by atoms with Crippen LogP contribution in [0.25, 0.3) is 5.69 Å². The molecule has 0 fully saturated rings. The molecule has 0 bridgehead atoms. The third-order valence-corrected chi connectivity index (χ3v) is 6.62. The molecule has 0 radical (unpaired) electrons. The number of nitrogens with one attached hydrogen (secondary N) is 1. The molecule has 8 nitrogen and oxygen atoms in total. The highest BCUT2D eigenvalue weighted by Gasteiger charge is 2.27. The number of methoxy groups -OCH3 is 1. The van der Waals surface area contributed by atoms with Crippen LogP contribution in [-0.2, 0) is 18.4 Å². The molecule has 1 N–H and O–H groups in total. The lowest BCUT2D eigenvalue weighted by Crippen LogP contribution is -2.26. The van der Waals surface area contributed by atoms with Crippen molar-refractivity contribution < 1.29 is 18.7 Å². The normalized spacial score (nSPS) is 11.6. The zero-order valence-corrected chi connectivity index (χ0v) is 23.4. The molecule has 3 rings (SSSR count). The Kier molecular flexibility index (Phi) is 9.17. The summed E-state index contributed by atoms with van der Waals surface area (Å²) in [4.78, 5) is 41.3. The molecule has 1 amide bonds. The number of amides is 1. The topological polar surface area (TPSA) is 85.6 Å². The first-order valence-corrected chi connectivity index (χ1v) is 12.6. The van der Waals surface area contributed by atoms with E-state index < -0.39 is 11.2 Å². The number of halogens is 2. The van der Waals surface area contributed by atoms with Crippen LogP contribution in [0.2, 0.25) is 5.02 Å². The highest BCUT2D eigenvalue weighted by atomic mass is 35.5. The molecule has 1 heterocycles. The molecular weight excluding hydrogens is 511 g/mol. The molecule has 0 aliphatic rings. The van der Waals surface area contributed by atoms with Gasteiger partial charge in [-0.05, 0) is 44.1 Å². The summed E-state index contributed by atoms with van der Waals surface area (Å²) in [6, 6.07) is 11.6. The van der Waals surface area contributed by atoms with E-state index in [-0.39, 0.29) is 52.1 Å². The summed E-state index contributed by atoms with van der Waals surface area (Å²) in [5.41, 5.74) is 0.898. The molecule has 1 aromatic heterocycles. The van der Waals surface area contributed by atoms with E-state index in [1.807, 2.05) is 63.2 Å². The molecule has 0 spiro atoms. The fourth-order valence-electron chi connectivity index (χ4n) is 4.32. The Labute approximate surface area is 226 Å². The predicted octanol–water partition coefficient (Wildman–Crippen LogP) is 5.06. The van der Waals surface area contributed by atoms with Gasteiger partial charge in [0.05, 0.1) is 29.1 Å². The average molecular weight is 545 g/mol. The Morgan fingerprint density at radius 2 is 1.82 bits per heavy atom. The fraction of sp³-hybridized carbons (Fsp3) is 0.393. The fourth-order valence-corrected chi connectivity index (χ4v) is 4.49. The van der Waals surface area contributed by atoms with Crippen LogP contribution in [0, 0.1) is 11.2 Å². The van der Waals surface area contributed by atoms with Crippen LogP contribution in [0.3, 0.4) is 0 Å². The first kappa shape index (κ1) is 29.1. The molecule has 0 unspecified atom stereocenters. The monoisotopic (exact) mass is 544 g/mol. The van der Waals surface area contributed by atoms with Crippen molar-refractivity contribution in [3.63, 3.8) is 0 Å². The number of anilines is 1. The van der Waals surface area contributed by atoms with Crippen LogP contribution in [-0.4, -0.2) is 47.2 Å². The molecular formula is C28H34ClFN4O4. The minimum Gasteiger partial charge on any atom is -0.496 e. The summed E-state index contributed by atoms with van der Waals surface area (Å²) in [6.07, 6.45) is 0.574. The number of carbonyl (C=O) groups is 2. The van der Waals surface area contributed by atoms with Crippen molar-refractivity contribution in [1.29, 1.82) is 0 Å². The van der Waals surface area contributed by atoms with Crippen molar-refractivity contribution in [2.45, 2.75) is 39.7 Å². The van der Waals surface area contributed by atoms with Gasteiger partial charge in [-0.3, -0.25) is 19.1 Å². The molecule has 0 saturated carbocycles. The number of hydrogen-bond donors (Lipinski definition) is 1. The Morgan fingerprint density at radius 3 is 2.42 bits per heavy atom. The highest BCUT2D eigenvalue weighted by molar-refractivity contribution is 6.31. The SMILES string of the molecule is COc1cc(F)c(Cl)cc1C(=O)CCC(C)(C)CC(=O)Nc1c(CN(C)C)n(C)n(-c2ccccc2)c1=O. The molecule has 0 saturated heterocycles. The van der Waals surface area contributed by atoms with E-state index in [0.29, 0.717) is 24.3 Å². The van der Waals surface area contributed by atoms with Crippen LogP contribution in [0.5, 0.6) is 5.75 Å². The zero-order chi connectivity index (χ0) is 28.2. The van der Waals surface area contributed by atoms with E-state index >= 15 is 0 Å². The van der Waals surface area contributed by atoms with Gasteiger partial charge >= 0.3 is 0 Å². The average Bonchev–Trinajstić information content (AvgIpc) is 3.07. The molecule has 38 heavy (non-hydrogen) atoms. The van der Waals surface area contributed by atoms with Gasteiger partial charge in [-0.15, -0.1) is 0 Å². The number of carbonyl (C=O) groups excluding carboxylic acids is 2. The minimum absolute atomic E-state index is 0.0860.